The molecule has 5 heteroatoms. The molecule has 0 radical (unpaired) electrons. The molecular weight excluding hydrogens is 246 g/mol. The lowest BCUT2D eigenvalue weighted by Gasteiger charge is -2.06. The number of pyridine rings is 1. The molecule has 1 N–H and O–H groups in total. The number of benzene rings is 1. The lowest BCUT2D eigenvalue weighted by molar-refractivity contribution is -0.135. The van der Waals surface area contributed by atoms with Gasteiger partial charge in [-0.1, -0.05) is 6.07 Å². The molecule has 0 unspecified atom stereocenters. The predicted molar refractivity (Wildman–Crippen MR) is 68.1 cm³/mol. The Bertz CT molecular complexity index is 525. The fraction of sp³-hybridized carbons (Fsp3) is 0.143. The molecule has 0 aliphatic heterocycles. The van der Waals surface area contributed by atoms with Gasteiger partial charge < -0.3 is 14.6 Å². The number of carbonyl (C=O) groups excluding carboxylic acids is 1. The van der Waals surface area contributed by atoms with Crippen molar-refractivity contribution in [1.29, 1.82) is 0 Å². The van der Waals surface area contributed by atoms with Crippen molar-refractivity contribution in [3.8, 4) is 17.4 Å². The van der Waals surface area contributed by atoms with Crippen molar-refractivity contribution in [2.24, 2.45) is 0 Å². The van der Waals surface area contributed by atoms with Crippen molar-refractivity contribution in [1.82, 2.24) is 4.98 Å². The SMILES string of the molecule is O=C(CCOc1ccc(O)cc1)Oc1ccccn1. The molecule has 0 atom stereocenters. The van der Waals surface area contributed by atoms with Crippen LogP contribution in [0.1, 0.15) is 6.42 Å². The highest BCUT2D eigenvalue weighted by Crippen LogP contribution is 2.16. The van der Waals surface area contributed by atoms with Crippen LogP contribution in [0.4, 0.5) is 0 Å². The van der Waals surface area contributed by atoms with Crippen molar-refractivity contribution in [2.45, 2.75) is 6.42 Å². The van der Waals surface area contributed by atoms with Crippen molar-refractivity contribution in [3.63, 3.8) is 0 Å². The number of esters is 1. The number of rotatable bonds is 5. The summed E-state index contributed by atoms with van der Waals surface area (Å²) in [4.78, 5) is 15.4. The molecular formula is C14H13NO4. The smallest absolute Gasteiger partial charge is 0.315 e. The van der Waals surface area contributed by atoms with E-state index in [1.165, 1.54) is 12.1 Å². The van der Waals surface area contributed by atoms with Gasteiger partial charge in [0.15, 0.2) is 0 Å². The minimum atomic E-state index is -0.405. The second-order valence-corrected chi connectivity index (χ2v) is 3.73. The topological polar surface area (TPSA) is 68.7 Å². The zero-order chi connectivity index (χ0) is 13.5. The molecule has 0 saturated heterocycles. The van der Waals surface area contributed by atoms with Gasteiger partial charge >= 0.3 is 5.97 Å². The van der Waals surface area contributed by atoms with Crippen LogP contribution in [0, 0.1) is 0 Å². The zero-order valence-electron chi connectivity index (χ0n) is 10.2. The standard InChI is InChI=1S/C14H13NO4/c16-11-4-6-12(7-5-11)18-10-8-14(17)19-13-3-1-2-9-15-13/h1-7,9,16H,8,10H2. The van der Waals surface area contributed by atoms with Crippen LogP contribution in [0.25, 0.3) is 0 Å². The monoisotopic (exact) mass is 259 g/mol. The van der Waals surface area contributed by atoms with E-state index in [4.69, 9.17) is 14.6 Å². The highest BCUT2D eigenvalue weighted by atomic mass is 16.5. The molecule has 0 spiro atoms. The summed E-state index contributed by atoms with van der Waals surface area (Å²) in [5, 5.41) is 9.10. The first-order valence-corrected chi connectivity index (χ1v) is 5.77. The minimum absolute atomic E-state index is 0.122. The first-order valence-electron chi connectivity index (χ1n) is 5.77. The van der Waals surface area contributed by atoms with Gasteiger partial charge in [-0.05, 0) is 30.3 Å². The van der Waals surface area contributed by atoms with Crippen LogP contribution in [0.2, 0.25) is 0 Å². The second-order valence-electron chi connectivity index (χ2n) is 3.73. The molecule has 0 bridgehead atoms. The van der Waals surface area contributed by atoms with Crippen molar-refractivity contribution < 1.29 is 19.4 Å². The predicted octanol–water partition coefficient (Wildman–Crippen LogP) is 2.16. The van der Waals surface area contributed by atoms with Crippen molar-refractivity contribution in [2.75, 3.05) is 6.61 Å². The van der Waals surface area contributed by atoms with Gasteiger partial charge in [0.25, 0.3) is 0 Å². The van der Waals surface area contributed by atoms with Crippen LogP contribution < -0.4 is 9.47 Å². The van der Waals surface area contributed by atoms with Crippen LogP contribution in [-0.4, -0.2) is 22.7 Å². The number of phenolic OH excluding ortho intramolecular Hbond substituents is 1. The van der Waals surface area contributed by atoms with Crippen molar-refractivity contribution in [3.05, 3.63) is 48.7 Å². The summed E-state index contributed by atoms with van der Waals surface area (Å²) in [6, 6.07) is 11.4. The molecule has 5 nitrogen and oxygen atoms in total. The Hall–Kier alpha value is -2.56. The van der Waals surface area contributed by atoms with E-state index >= 15 is 0 Å². The minimum Gasteiger partial charge on any atom is -0.508 e. The van der Waals surface area contributed by atoms with E-state index in [1.807, 2.05) is 0 Å². The number of ether oxygens (including phenoxy) is 2. The molecule has 19 heavy (non-hydrogen) atoms. The lowest BCUT2D eigenvalue weighted by Crippen LogP contribution is -2.13. The summed E-state index contributed by atoms with van der Waals surface area (Å²) in [7, 11) is 0. The Labute approximate surface area is 110 Å². The van der Waals surface area contributed by atoms with Crippen LogP contribution in [-0.2, 0) is 4.79 Å². The van der Waals surface area contributed by atoms with Gasteiger partial charge in [-0.3, -0.25) is 4.79 Å². The average Bonchev–Trinajstić information content (AvgIpc) is 2.42. The van der Waals surface area contributed by atoms with E-state index < -0.39 is 5.97 Å². The maximum Gasteiger partial charge on any atom is 0.315 e. The van der Waals surface area contributed by atoms with Crippen LogP contribution in [0.15, 0.2) is 48.7 Å². The largest absolute Gasteiger partial charge is 0.508 e. The molecule has 1 aromatic carbocycles. The Morgan fingerprint density at radius 2 is 1.95 bits per heavy atom. The highest BCUT2D eigenvalue weighted by molar-refractivity contribution is 5.71. The summed E-state index contributed by atoms with van der Waals surface area (Å²) >= 11 is 0. The van der Waals surface area contributed by atoms with Gasteiger partial charge in [-0.25, -0.2) is 4.98 Å². The number of hydrogen-bond acceptors (Lipinski definition) is 5. The first-order chi connectivity index (χ1) is 9.24. The number of phenols is 1. The third-order valence-electron chi connectivity index (χ3n) is 2.27. The Balaban J connectivity index is 1.74. The van der Waals surface area contributed by atoms with E-state index in [-0.39, 0.29) is 24.7 Å². The number of nitrogens with zero attached hydrogens (tertiary/aromatic N) is 1. The molecule has 0 amide bonds. The third kappa shape index (κ3) is 4.31. The molecule has 0 aliphatic rings. The molecule has 2 aromatic rings. The molecule has 1 heterocycles. The summed E-state index contributed by atoms with van der Waals surface area (Å²) in [5.41, 5.74) is 0. The van der Waals surface area contributed by atoms with Gasteiger partial charge in [0.1, 0.15) is 11.5 Å². The molecule has 2 rings (SSSR count). The van der Waals surface area contributed by atoms with Crippen molar-refractivity contribution >= 4 is 5.97 Å². The Kier molecular flexibility index (Phi) is 4.34. The molecule has 98 valence electrons. The number of aromatic nitrogens is 1. The van der Waals surface area contributed by atoms with Gasteiger partial charge in [0.05, 0.1) is 13.0 Å². The lowest BCUT2D eigenvalue weighted by atomic mass is 10.3. The number of aromatic hydroxyl groups is 1. The maximum absolute atomic E-state index is 11.5. The van der Waals surface area contributed by atoms with Gasteiger partial charge in [0.2, 0.25) is 5.88 Å². The molecule has 1 aromatic heterocycles. The zero-order valence-corrected chi connectivity index (χ0v) is 10.2. The normalized spacial score (nSPS) is 9.89. The van der Waals surface area contributed by atoms with Gasteiger partial charge in [-0.2, -0.15) is 0 Å². The van der Waals surface area contributed by atoms with E-state index in [0.717, 1.165) is 0 Å². The van der Waals surface area contributed by atoms with Crippen LogP contribution in [0.3, 0.4) is 0 Å². The summed E-state index contributed by atoms with van der Waals surface area (Å²) in [6.45, 7) is 0.205. The van der Waals surface area contributed by atoms with Gasteiger partial charge in [-0.15, -0.1) is 0 Å². The fourth-order valence-corrected chi connectivity index (χ4v) is 1.37. The number of carbonyl (C=O) groups is 1. The number of hydrogen-bond donors (Lipinski definition) is 1. The molecule has 0 saturated carbocycles. The third-order valence-corrected chi connectivity index (χ3v) is 2.27. The average molecular weight is 259 g/mol. The Morgan fingerprint density at radius 1 is 1.16 bits per heavy atom. The van der Waals surface area contributed by atoms with E-state index in [2.05, 4.69) is 4.98 Å². The fourth-order valence-electron chi connectivity index (χ4n) is 1.37. The van der Waals surface area contributed by atoms with E-state index in [0.29, 0.717) is 5.75 Å². The van der Waals surface area contributed by atoms with Gasteiger partial charge in [0, 0.05) is 12.3 Å². The maximum atomic E-state index is 11.5. The summed E-state index contributed by atoms with van der Waals surface area (Å²) in [6.07, 6.45) is 1.67. The van der Waals surface area contributed by atoms with Crippen LogP contribution in [0.5, 0.6) is 17.4 Å². The second kappa shape index (κ2) is 6.39. The van der Waals surface area contributed by atoms with Crippen LogP contribution >= 0.6 is 0 Å². The highest BCUT2D eigenvalue weighted by Gasteiger charge is 2.05. The van der Waals surface area contributed by atoms with E-state index in [9.17, 15) is 4.79 Å². The summed E-state index contributed by atoms with van der Waals surface area (Å²) < 4.78 is 10.3. The quantitative estimate of drug-likeness (QED) is 0.833. The van der Waals surface area contributed by atoms with E-state index in [1.54, 1.807) is 36.5 Å². The first kappa shape index (κ1) is 12.9. The molecule has 0 fully saturated rings. The Morgan fingerprint density at radius 3 is 2.63 bits per heavy atom. The molecule has 0 aliphatic carbocycles. The summed E-state index contributed by atoms with van der Waals surface area (Å²) in [5.74, 6) is 0.625.